The molecule has 1 aromatic heterocycles. The minimum Gasteiger partial charge on any atom is -0.346 e. The van der Waals surface area contributed by atoms with E-state index in [1.165, 1.54) is 11.0 Å². The zero-order valence-corrected chi connectivity index (χ0v) is 10.7. The van der Waals surface area contributed by atoms with E-state index in [2.05, 4.69) is 15.5 Å². The lowest BCUT2D eigenvalue weighted by Crippen LogP contribution is -2.40. The summed E-state index contributed by atoms with van der Waals surface area (Å²) in [5.74, 6) is -0.218. The quantitative estimate of drug-likeness (QED) is 0.876. The van der Waals surface area contributed by atoms with Gasteiger partial charge in [-0.05, 0) is 32.9 Å². The Kier molecular flexibility index (Phi) is 3.14. The second kappa shape index (κ2) is 4.60. The van der Waals surface area contributed by atoms with Crippen LogP contribution < -0.4 is 5.32 Å². The van der Waals surface area contributed by atoms with E-state index in [4.69, 9.17) is 0 Å². The molecule has 94 valence electrons. The Hall–Kier alpha value is -2.17. The molecule has 1 heterocycles. The van der Waals surface area contributed by atoms with Crippen LogP contribution in [0.4, 0.5) is 0 Å². The molecule has 2 aromatic rings. The van der Waals surface area contributed by atoms with Crippen molar-refractivity contribution < 1.29 is 4.79 Å². The third-order valence-electron chi connectivity index (χ3n) is 2.20. The van der Waals surface area contributed by atoms with E-state index in [-0.39, 0.29) is 11.4 Å². The molecule has 0 aliphatic heterocycles. The fourth-order valence-electron chi connectivity index (χ4n) is 1.46. The number of para-hydroxylation sites is 1. The molecule has 0 atom stereocenters. The monoisotopic (exact) mass is 244 g/mol. The zero-order chi connectivity index (χ0) is 13.2. The second-order valence-electron chi connectivity index (χ2n) is 5.06. The number of hydrogen-bond donors (Lipinski definition) is 1. The number of rotatable bonds is 2. The molecule has 18 heavy (non-hydrogen) atoms. The lowest BCUT2D eigenvalue weighted by molar-refractivity contribution is 0.0914. The highest BCUT2D eigenvalue weighted by molar-refractivity contribution is 5.92. The smallest absolute Gasteiger partial charge is 0.273 e. The van der Waals surface area contributed by atoms with Crippen LogP contribution in [0.3, 0.4) is 0 Å². The van der Waals surface area contributed by atoms with Gasteiger partial charge in [0, 0.05) is 5.54 Å². The number of aromatic nitrogens is 3. The molecular formula is C13H16N4O. The maximum atomic E-state index is 11.9. The number of carbonyl (C=O) groups excluding carboxylic acids is 1. The molecule has 0 aliphatic carbocycles. The van der Waals surface area contributed by atoms with Crippen LogP contribution in [0.25, 0.3) is 5.69 Å². The van der Waals surface area contributed by atoms with Gasteiger partial charge in [-0.1, -0.05) is 18.2 Å². The van der Waals surface area contributed by atoms with Crippen LogP contribution in [0.1, 0.15) is 31.3 Å². The normalized spacial score (nSPS) is 11.3. The molecule has 0 saturated heterocycles. The molecular weight excluding hydrogens is 228 g/mol. The number of benzene rings is 1. The summed E-state index contributed by atoms with van der Waals surface area (Å²) in [6, 6.07) is 9.47. The van der Waals surface area contributed by atoms with Crippen molar-refractivity contribution in [3.8, 4) is 5.69 Å². The first-order valence-corrected chi connectivity index (χ1v) is 5.76. The number of nitrogens with one attached hydrogen (secondary N) is 1. The van der Waals surface area contributed by atoms with Crippen LogP contribution in [0, 0.1) is 0 Å². The van der Waals surface area contributed by atoms with Crippen molar-refractivity contribution in [2.75, 3.05) is 0 Å². The van der Waals surface area contributed by atoms with E-state index in [0.717, 1.165) is 5.69 Å². The van der Waals surface area contributed by atoms with Crippen LogP contribution in [-0.4, -0.2) is 26.4 Å². The van der Waals surface area contributed by atoms with Crippen molar-refractivity contribution >= 4 is 5.91 Å². The Morgan fingerprint density at radius 1 is 1.22 bits per heavy atom. The zero-order valence-electron chi connectivity index (χ0n) is 10.7. The Bertz CT molecular complexity index is 540. The maximum absolute atomic E-state index is 11.9. The number of amides is 1. The van der Waals surface area contributed by atoms with Crippen LogP contribution in [0.15, 0.2) is 36.5 Å². The lowest BCUT2D eigenvalue weighted by atomic mass is 10.1. The topological polar surface area (TPSA) is 59.8 Å². The van der Waals surface area contributed by atoms with Gasteiger partial charge in [-0.2, -0.15) is 9.90 Å². The highest BCUT2D eigenvalue weighted by atomic mass is 16.2. The van der Waals surface area contributed by atoms with Gasteiger partial charge < -0.3 is 5.32 Å². The summed E-state index contributed by atoms with van der Waals surface area (Å²) in [4.78, 5) is 13.3. The van der Waals surface area contributed by atoms with E-state index >= 15 is 0 Å². The van der Waals surface area contributed by atoms with Gasteiger partial charge in [-0.25, -0.2) is 0 Å². The molecule has 2 rings (SSSR count). The van der Waals surface area contributed by atoms with Gasteiger partial charge in [0.25, 0.3) is 5.91 Å². The third kappa shape index (κ3) is 2.94. The van der Waals surface area contributed by atoms with Crippen LogP contribution in [0.2, 0.25) is 0 Å². The summed E-state index contributed by atoms with van der Waals surface area (Å²) in [7, 11) is 0. The van der Waals surface area contributed by atoms with Crippen molar-refractivity contribution in [1.29, 1.82) is 0 Å². The first-order valence-electron chi connectivity index (χ1n) is 5.76. The van der Waals surface area contributed by atoms with E-state index in [0.29, 0.717) is 5.69 Å². The SMILES string of the molecule is CC(C)(C)NC(=O)c1cnn(-c2ccccc2)n1. The Labute approximate surface area is 106 Å². The van der Waals surface area contributed by atoms with Gasteiger partial charge >= 0.3 is 0 Å². The van der Waals surface area contributed by atoms with Gasteiger partial charge in [0.2, 0.25) is 0 Å². The summed E-state index contributed by atoms with van der Waals surface area (Å²) in [5, 5.41) is 11.1. The molecule has 5 heteroatoms. The Balaban J connectivity index is 2.19. The molecule has 0 aliphatic rings. The molecule has 0 spiro atoms. The number of carbonyl (C=O) groups is 1. The van der Waals surface area contributed by atoms with E-state index in [1.54, 1.807) is 0 Å². The summed E-state index contributed by atoms with van der Waals surface area (Å²) in [6.07, 6.45) is 1.47. The van der Waals surface area contributed by atoms with Crippen LogP contribution in [0.5, 0.6) is 0 Å². The molecule has 1 N–H and O–H groups in total. The van der Waals surface area contributed by atoms with Crippen molar-refractivity contribution in [2.24, 2.45) is 0 Å². The molecule has 0 radical (unpaired) electrons. The van der Waals surface area contributed by atoms with Crippen molar-refractivity contribution in [3.63, 3.8) is 0 Å². The minimum atomic E-state index is -0.284. The Morgan fingerprint density at radius 3 is 2.50 bits per heavy atom. The summed E-state index contributed by atoms with van der Waals surface area (Å²) >= 11 is 0. The summed E-state index contributed by atoms with van der Waals surface area (Å²) < 4.78 is 0. The Morgan fingerprint density at radius 2 is 1.89 bits per heavy atom. The molecule has 0 unspecified atom stereocenters. The molecule has 1 amide bonds. The second-order valence-corrected chi connectivity index (χ2v) is 5.06. The van der Waals surface area contributed by atoms with Gasteiger partial charge in [0.05, 0.1) is 11.9 Å². The van der Waals surface area contributed by atoms with Crippen molar-refractivity contribution in [1.82, 2.24) is 20.3 Å². The van der Waals surface area contributed by atoms with E-state index in [1.807, 2.05) is 51.1 Å². The molecule has 1 aromatic carbocycles. The van der Waals surface area contributed by atoms with E-state index in [9.17, 15) is 4.79 Å². The maximum Gasteiger partial charge on any atom is 0.273 e. The highest BCUT2D eigenvalue weighted by Gasteiger charge is 2.17. The van der Waals surface area contributed by atoms with E-state index < -0.39 is 0 Å². The van der Waals surface area contributed by atoms with Crippen molar-refractivity contribution in [3.05, 3.63) is 42.2 Å². The summed E-state index contributed by atoms with van der Waals surface area (Å²) in [6.45, 7) is 5.77. The first-order chi connectivity index (χ1) is 8.46. The fraction of sp³-hybridized carbons (Fsp3) is 0.308. The molecule has 0 saturated carbocycles. The predicted octanol–water partition coefficient (Wildman–Crippen LogP) is 1.80. The van der Waals surface area contributed by atoms with Gasteiger partial charge in [0.15, 0.2) is 5.69 Å². The van der Waals surface area contributed by atoms with Gasteiger partial charge in [0.1, 0.15) is 0 Å². The molecule has 5 nitrogen and oxygen atoms in total. The van der Waals surface area contributed by atoms with Crippen LogP contribution in [-0.2, 0) is 0 Å². The highest BCUT2D eigenvalue weighted by Crippen LogP contribution is 2.06. The van der Waals surface area contributed by atoms with Gasteiger partial charge in [-0.15, -0.1) is 5.10 Å². The first kappa shape index (κ1) is 12.3. The minimum absolute atomic E-state index is 0.218. The number of hydrogen-bond acceptors (Lipinski definition) is 3. The standard InChI is InChI=1S/C13H16N4O/c1-13(2,3)15-12(18)11-9-14-17(16-11)10-7-5-4-6-8-10/h4-9H,1-3H3,(H,15,18). The van der Waals surface area contributed by atoms with Gasteiger partial charge in [-0.3, -0.25) is 4.79 Å². The van der Waals surface area contributed by atoms with Crippen molar-refractivity contribution in [2.45, 2.75) is 26.3 Å². The fourth-order valence-corrected chi connectivity index (χ4v) is 1.46. The predicted molar refractivity (Wildman–Crippen MR) is 68.6 cm³/mol. The lowest BCUT2D eigenvalue weighted by Gasteiger charge is -2.19. The largest absolute Gasteiger partial charge is 0.346 e. The molecule has 0 bridgehead atoms. The summed E-state index contributed by atoms with van der Waals surface area (Å²) in [5.41, 5.74) is 0.856. The molecule has 0 fully saturated rings. The van der Waals surface area contributed by atoms with Crippen LogP contribution >= 0.6 is 0 Å². The third-order valence-corrected chi connectivity index (χ3v) is 2.20. The average Bonchev–Trinajstić information content (AvgIpc) is 2.77. The average molecular weight is 244 g/mol. The number of nitrogens with zero attached hydrogens (tertiary/aromatic N) is 3.